The van der Waals surface area contributed by atoms with E-state index in [-0.39, 0.29) is 17.7 Å². The molecule has 2 N–H and O–H groups in total. The van der Waals surface area contributed by atoms with Crippen LogP contribution in [0.25, 0.3) is 0 Å². The predicted molar refractivity (Wildman–Crippen MR) is 94.9 cm³/mol. The van der Waals surface area contributed by atoms with Crippen LogP contribution in [0.15, 0.2) is 24.3 Å². The summed E-state index contributed by atoms with van der Waals surface area (Å²) in [4.78, 5) is 17.6. The molecule has 3 rings (SSSR count). The maximum Gasteiger partial charge on any atom is 0.244 e. The zero-order valence-electron chi connectivity index (χ0n) is 14.7. The third-order valence-electron chi connectivity index (χ3n) is 5.15. The Morgan fingerprint density at radius 3 is 2.83 bits per heavy atom. The monoisotopic (exact) mass is 331 g/mol. The molecule has 0 spiro atoms. The van der Waals surface area contributed by atoms with Crippen LogP contribution in [0, 0.1) is 5.92 Å². The summed E-state index contributed by atoms with van der Waals surface area (Å²) >= 11 is 0. The summed E-state index contributed by atoms with van der Waals surface area (Å²) in [5.74, 6) is 0.969. The van der Waals surface area contributed by atoms with Crippen LogP contribution in [0.1, 0.15) is 38.3 Å². The molecule has 132 valence electrons. The number of carbonyl (C=O) groups is 1. The van der Waals surface area contributed by atoms with Gasteiger partial charge in [0.2, 0.25) is 5.91 Å². The molecule has 1 aromatic rings. The lowest BCUT2D eigenvalue weighted by molar-refractivity contribution is -0.139. The highest BCUT2D eigenvalue weighted by atomic mass is 16.3. The van der Waals surface area contributed by atoms with Crippen molar-refractivity contribution >= 4 is 5.91 Å². The van der Waals surface area contributed by atoms with Crippen LogP contribution < -0.4 is 5.32 Å². The number of phenolic OH excluding ortho intramolecular Hbond substituents is 1. The van der Waals surface area contributed by atoms with Crippen molar-refractivity contribution in [3.63, 3.8) is 0 Å². The smallest absolute Gasteiger partial charge is 0.244 e. The molecular weight excluding hydrogens is 302 g/mol. The van der Waals surface area contributed by atoms with Crippen LogP contribution in [-0.4, -0.2) is 59.6 Å². The molecular formula is C19H29N3O2. The Kier molecular flexibility index (Phi) is 5.41. The summed E-state index contributed by atoms with van der Waals surface area (Å²) in [6.45, 7) is 8.64. The standard InChI is InChI=1S/C19H29N3O2/c1-14-5-4-9-22(12-14)19(24)18(16-6-3-7-17(23)11-16)21-10-8-20-15(2)13-21/h3,6-7,11,14-15,18,20,23H,4-5,8-10,12-13H2,1-2H3. The van der Waals surface area contributed by atoms with Crippen molar-refractivity contribution in [2.24, 2.45) is 5.92 Å². The van der Waals surface area contributed by atoms with Gasteiger partial charge in [-0.25, -0.2) is 0 Å². The molecule has 2 fully saturated rings. The normalized spacial score (nSPS) is 27.0. The third-order valence-corrected chi connectivity index (χ3v) is 5.15. The third kappa shape index (κ3) is 3.90. The summed E-state index contributed by atoms with van der Waals surface area (Å²) in [6.07, 6.45) is 2.28. The number of piperidine rings is 1. The second-order valence-electron chi connectivity index (χ2n) is 7.38. The summed E-state index contributed by atoms with van der Waals surface area (Å²) < 4.78 is 0. The highest BCUT2D eigenvalue weighted by Crippen LogP contribution is 2.29. The van der Waals surface area contributed by atoms with Gasteiger partial charge in [0.15, 0.2) is 0 Å². The van der Waals surface area contributed by atoms with Crippen molar-refractivity contribution in [3.05, 3.63) is 29.8 Å². The SMILES string of the molecule is CC1CCCN(C(=O)C(c2cccc(O)c2)N2CCNC(C)C2)C1. The van der Waals surface area contributed by atoms with E-state index in [2.05, 4.69) is 24.1 Å². The number of piperazine rings is 1. The summed E-state index contributed by atoms with van der Waals surface area (Å²) in [5, 5.41) is 13.3. The van der Waals surface area contributed by atoms with Crippen molar-refractivity contribution in [1.29, 1.82) is 0 Å². The van der Waals surface area contributed by atoms with Gasteiger partial charge in [-0.2, -0.15) is 0 Å². The molecule has 0 saturated carbocycles. The molecule has 0 bridgehead atoms. The number of likely N-dealkylation sites (tertiary alicyclic amines) is 1. The molecule has 1 amide bonds. The molecule has 0 radical (unpaired) electrons. The summed E-state index contributed by atoms with van der Waals surface area (Å²) in [6, 6.07) is 7.26. The topological polar surface area (TPSA) is 55.8 Å². The van der Waals surface area contributed by atoms with Gasteiger partial charge in [-0.05, 0) is 43.4 Å². The predicted octanol–water partition coefficient (Wildman–Crippen LogP) is 1.99. The Labute approximate surface area is 144 Å². The minimum absolute atomic E-state index is 0.182. The Morgan fingerprint density at radius 1 is 1.29 bits per heavy atom. The van der Waals surface area contributed by atoms with E-state index in [4.69, 9.17) is 0 Å². The van der Waals surface area contributed by atoms with E-state index in [9.17, 15) is 9.90 Å². The second kappa shape index (κ2) is 7.53. The lowest BCUT2D eigenvalue weighted by Gasteiger charge is -2.41. The number of rotatable bonds is 3. The molecule has 2 aliphatic heterocycles. The van der Waals surface area contributed by atoms with Crippen LogP contribution >= 0.6 is 0 Å². The van der Waals surface area contributed by atoms with Gasteiger partial charge in [0.1, 0.15) is 11.8 Å². The van der Waals surface area contributed by atoms with Gasteiger partial charge < -0.3 is 15.3 Å². The quantitative estimate of drug-likeness (QED) is 0.889. The van der Waals surface area contributed by atoms with Crippen molar-refractivity contribution in [3.8, 4) is 5.75 Å². The lowest BCUT2D eigenvalue weighted by atomic mass is 9.97. The lowest BCUT2D eigenvalue weighted by Crippen LogP contribution is -2.54. The highest BCUT2D eigenvalue weighted by Gasteiger charge is 2.34. The number of hydrogen-bond donors (Lipinski definition) is 2. The number of benzene rings is 1. The Hall–Kier alpha value is -1.59. The van der Waals surface area contributed by atoms with Crippen molar-refractivity contribution < 1.29 is 9.90 Å². The van der Waals surface area contributed by atoms with Crippen molar-refractivity contribution in [1.82, 2.24) is 15.1 Å². The molecule has 24 heavy (non-hydrogen) atoms. The van der Waals surface area contributed by atoms with Crippen LogP contribution in [0.4, 0.5) is 0 Å². The van der Waals surface area contributed by atoms with E-state index < -0.39 is 0 Å². The van der Waals surface area contributed by atoms with E-state index >= 15 is 0 Å². The van der Waals surface area contributed by atoms with E-state index in [1.165, 1.54) is 6.42 Å². The Bertz CT molecular complexity index is 577. The van der Waals surface area contributed by atoms with Crippen LogP contribution in [-0.2, 0) is 4.79 Å². The van der Waals surface area contributed by atoms with Gasteiger partial charge >= 0.3 is 0 Å². The fraction of sp³-hybridized carbons (Fsp3) is 0.632. The first kappa shape index (κ1) is 17.2. The van der Waals surface area contributed by atoms with Gasteiger partial charge in [-0.15, -0.1) is 0 Å². The largest absolute Gasteiger partial charge is 0.508 e. The van der Waals surface area contributed by atoms with E-state index in [0.29, 0.717) is 12.0 Å². The van der Waals surface area contributed by atoms with Crippen molar-refractivity contribution in [2.75, 3.05) is 32.7 Å². The second-order valence-corrected chi connectivity index (χ2v) is 7.38. The number of nitrogens with one attached hydrogen (secondary N) is 1. The molecule has 2 saturated heterocycles. The molecule has 2 aliphatic rings. The first-order valence-corrected chi connectivity index (χ1v) is 9.09. The van der Waals surface area contributed by atoms with Gasteiger partial charge in [-0.1, -0.05) is 19.1 Å². The summed E-state index contributed by atoms with van der Waals surface area (Å²) in [5.41, 5.74) is 0.896. The number of phenols is 1. The first-order valence-electron chi connectivity index (χ1n) is 9.09. The molecule has 1 aromatic carbocycles. The zero-order chi connectivity index (χ0) is 17.1. The fourth-order valence-corrected chi connectivity index (χ4v) is 3.96. The van der Waals surface area contributed by atoms with Gasteiger partial charge in [0.25, 0.3) is 0 Å². The average Bonchev–Trinajstić information content (AvgIpc) is 2.55. The maximum atomic E-state index is 13.3. The molecule has 3 atom stereocenters. The average molecular weight is 331 g/mol. The molecule has 2 heterocycles. The van der Waals surface area contributed by atoms with Gasteiger partial charge in [0.05, 0.1) is 0 Å². The van der Waals surface area contributed by atoms with E-state index in [1.807, 2.05) is 17.0 Å². The zero-order valence-corrected chi connectivity index (χ0v) is 14.7. The number of hydrogen-bond acceptors (Lipinski definition) is 4. The highest BCUT2D eigenvalue weighted by molar-refractivity contribution is 5.83. The van der Waals surface area contributed by atoms with E-state index in [0.717, 1.165) is 44.7 Å². The molecule has 0 aliphatic carbocycles. The minimum Gasteiger partial charge on any atom is -0.508 e. The Morgan fingerprint density at radius 2 is 2.12 bits per heavy atom. The maximum absolute atomic E-state index is 13.3. The molecule has 5 heteroatoms. The molecule has 0 aromatic heterocycles. The number of nitrogens with zero attached hydrogens (tertiary/aromatic N) is 2. The Balaban J connectivity index is 1.87. The van der Waals surface area contributed by atoms with Gasteiger partial charge in [-0.3, -0.25) is 9.69 Å². The number of carbonyl (C=O) groups excluding carboxylic acids is 1. The van der Waals surface area contributed by atoms with Crippen LogP contribution in [0.3, 0.4) is 0 Å². The van der Waals surface area contributed by atoms with Gasteiger partial charge in [0, 0.05) is 38.8 Å². The first-order chi connectivity index (χ1) is 11.5. The van der Waals surface area contributed by atoms with Crippen LogP contribution in [0.2, 0.25) is 0 Å². The number of aromatic hydroxyl groups is 1. The van der Waals surface area contributed by atoms with E-state index in [1.54, 1.807) is 12.1 Å². The molecule has 5 nitrogen and oxygen atoms in total. The van der Waals surface area contributed by atoms with Crippen LogP contribution in [0.5, 0.6) is 5.75 Å². The fourth-order valence-electron chi connectivity index (χ4n) is 3.96. The summed E-state index contributed by atoms with van der Waals surface area (Å²) in [7, 11) is 0. The minimum atomic E-state index is -0.299. The van der Waals surface area contributed by atoms with Crippen molar-refractivity contribution in [2.45, 2.75) is 38.8 Å². The molecule has 3 unspecified atom stereocenters. The number of amides is 1.